The number of hydrogen-bond acceptors (Lipinski definition) is 6. The average Bonchev–Trinajstić information content (AvgIpc) is 3.33. The van der Waals surface area contributed by atoms with Crippen molar-refractivity contribution in [1.82, 2.24) is 0 Å². The molecule has 0 amide bonds. The molecule has 136 valence electrons. The number of nitrogens with zero attached hydrogens (tertiary/aromatic N) is 2. The van der Waals surface area contributed by atoms with Crippen molar-refractivity contribution in [1.29, 1.82) is 0 Å². The number of rotatable bonds is 6. The third-order valence-electron chi connectivity index (χ3n) is 4.59. The Morgan fingerprint density at radius 2 is 2.00 bits per heavy atom. The zero-order chi connectivity index (χ0) is 19.0. The van der Waals surface area contributed by atoms with Crippen molar-refractivity contribution in [2.45, 2.75) is 31.9 Å². The molecule has 2 aromatic rings. The van der Waals surface area contributed by atoms with E-state index in [2.05, 4.69) is 5.32 Å². The maximum atomic E-state index is 13.4. The van der Waals surface area contributed by atoms with E-state index in [1.165, 1.54) is 19.1 Å². The van der Waals surface area contributed by atoms with Gasteiger partial charge in [0.1, 0.15) is 5.82 Å². The Kier molecular flexibility index (Phi) is 4.56. The van der Waals surface area contributed by atoms with Crippen molar-refractivity contribution < 1.29 is 19.3 Å². The molecule has 3 rings (SSSR count). The number of anilines is 1. The van der Waals surface area contributed by atoms with E-state index in [1.54, 1.807) is 12.1 Å². The molecule has 9 heteroatoms. The van der Waals surface area contributed by atoms with Crippen LogP contribution in [-0.4, -0.2) is 21.0 Å². The highest BCUT2D eigenvalue weighted by molar-refractivity contribution is 5.78. The van der Waals surface area contributed by atoms with E-state index < -0.39 is 27.8 Å². The lowest BCUT2D eigenvalue weighted by molar-refractivity contribution is -0.392. The molecule has 1 aliphatic rings. The molecule has 0 radical (unpaired) electrons. The number of benzene rings is 2. The number of aliphatic hydroxyl groups is 1. The fraction of sp³-hybridized carbons (Fsp3) is 0.294. The summed E-state index contributed by atoms with van der Waals surface area (Å²) < 4.78 is 13.4. The van der Waals surface area contributed by atoms with Gasteiger partial charge in [-0.05, 0) is 36.6 Å². The van der Waals surface area contributed by atoms with Gasteiger partial charge in [-0.25, -0.2) is 4.39 Å². The summed E-state index contributed by atoms with van der Waals surface area (Å²) in [5.74, 6) is -0.462. The molecule has 0 bridgehead atoms. The summed E-state index contributed by atoms with van der Waals surface area (Å²) in [6, 6.07) is 6.90. The quantitative estimate of drug-likeness (QED) is 0.601. The Labute approximate surface area is 147 Å². The largest absolute Gasteiger partial charge is 0.392 e. The summed E-state index contributed by atoms with van der Waals surface area (Å²) in [4.78, 5) is 21.5. The molecule has 26 heavy (non-hydrogen) atoms. The second-order valence-corrected chi connectivity index (χ2v) is 6.22. The Morgan fingerprint density at radius 1 is 1.27 bits per heavy atom. The highest BCUT2D eigenvalue weighted by atomic mass is 19.1. The van der Waals surface area contributed by atoms with Gasteiger partial charge in [0.05, 0.1) is 16.5 Å². The molecule has 2 atom stereocenters. The van der Waals surface area contributed by atoms with Crippen LogP contribution in [0.1, 0.15) is 29.0 Å². The van der Waals surface area contributed by atoms with Gasteiger partial charge in [-0.2, -0.15) is 0 Å². The Morgan fingerprint density at radius 3 is 2.58 bits per heavy atom. The predicted molar refractivity (Wildman–Crippen MR) is 91.6 cm³/mol. The fourth-order valence-corrected chi connectivity index (χ4v) is 3.13. The second-order valence-electron chi connectivity index (χ2n) is 6.22. The van der Waals surface area contributed by atoms with Crippen LogP contribution < -0.4 is 5.32 Å². The predicted octanol–water partition coefficient (Wildman–Crippen LogP) is 3.41. The van der Waals surface area contributed by atoms with Gasteiger partial charge < -0.3 is 10.4 Å². The molecule has 8 nitrogen and oxygen atoms in total. The zero-order valence-electron chi connectivity index (χ0n) is 13.8. The van der Waals surface area contributed by atoms with Crippen LogP contribution in [0.15, 0.2) is 30.3 Å². The van der Waals surface area contributed by atoms with Gasteiger partial charge in [0.15, 0.2) is 5.69 Å². The monoisotopic (exact) mass is 361 g/mol. The summed E-state index contributed by atoms with van der Waals surface area (Å²) in [5, 5.41) is 35.1. The molecule has 0 aliphatic heterocycles. The molecule has 2 N–H and O–H groups in total. The Hall–Kier alpha value is -3.07. The molecule has 1 fully saturated rings. The Balaban J connectivity index is 1.98. The van der Waals surface area contributed by atoms with E-state index in [4.69, 9.17) is 0 Å². The van der Waals surface area contributed by atoms with Gasteiger partial charge in [0, 0.05) is 23.6 Å². The van der Waals surface area contributed by atoms with Crippen LogP contribution in [0.4, 0.5) is 21.5 Å². The van der Waals surface area contributed by atoms with Crippen LogP contribution in [0.2, 0.25) is 0 Å². The fourth-order valence-electron chi connectivity index (χ4n) is 3.13. The molecule has 0 spiro atoms. The molecular formula is C17H16FN3O5. The normalized spacial score (nSPS) is 18.4. The van der Waals surface area contributed by atoms with E-state index in [9.17, 15) is 29.7 Å². The van der Waals surface area contributed by atoms with Crippen LogP contribution >= 0.6 is 0 Å². The third kappa shape index (κ3) is 3.21. The van der Waals surface area contributed by atoms with Crippen LogP contribution in [0.3, 0.4) is 0 Å². The first-order valence-electron chi connectivity index (χ1n) is 7.91. The van der Waals surface area contributed by atoms with E-state index in [0.29, 0.717) is 6.42 Å². The first-order chi connectivity index (χ1) is 12.3. The summed E-state index contributed by atoms with van der Waals surface area (Å²) in [5.41, 5.74) is -0.0283. The highest BCUT2D eigenvalue weighted by Gasteiger charge is 2.42. The van der Waals surface area contributed by atoms with Crippen molar-refractivity contribution >= 4 is 17.1 Å². The van der Waals surface area contributed by atoms with E-state index in [1.807, 2.05) is 0 Å². The minimum atomic E-state index is -0.715. The van der Waals surface area contributed by atoms with Crippen LogP contribution in [-0.2, 0) is 6.61 Å². The van der Waals surface area contributed by atoms with Crippen LogP contribution in [0.25, 0.3) is 0 Å². The lowest BCUT2D eigenvalue weighted by atomic mass is 10.0. The molecule has 2 aromatic carbocycles. The lowest BCUT2D eigenvalue weighted by Gasteiger charge is -2.12. The average molecular weight is 361 g/mol. The standard InChI is InChI=1S/C17H16FN3O5/c1-9-11(8-22)6-15(20(23)24)16(17(9)21(25)26)19-14-7-13(14)10-3-2-4-12(18)5-10/h2-6,13-14,19,22H,7-8H2,1H3/t13-,14+/m0/s1. The van der Waals surface area contributed by atoms with Crippen molar-refractivity contribution in [3.05, 3.63) is 73.1 Å². The van der Waals surface area contributed by atoms with Gasteiger partial charge >= 0.3 is 5.69 Å². The number of nitro benzene ring substituents is 2. The molecule has 1 aliphatic carbocycles. The minimum absolute atomic E-state index is 0.0808. The first kappa shape index (κ1) is 17.7. The molecular weight excluding hydrogens is 345 g/mol. The molecule has 0 aromatic heterocycles. The SMILES string of the molecule is Cc1c(CO)cc([N+](=O)[O-])c(N[C@@H]2C[C@H]2c2cccc(F)c2)c1[N+](=O)[O-]. The van der Waals surface area contributed by atoms with Crippen molar-refractivity contribution in [3.8, 4) is 0 Å². The van der Waals surface area contributed by atoms with Gasteiger partial charge in [0.25, 0.3) is 5.69 Å². The molecule has 0 unspecified atom stereocenters. The number of halogens is 1. The molecule has 1 saturated carbocycles. The summed E-state index contributed by atoms with van der Waals surface area (Å²) in [6.07, 6.45) is 0.582. The Bertz CT molecular complexity index is 902. The summed E-state index contributed by atoms with van der Waals surface area (Å²) in [6.45, 7) is 0.901. The lowest BCUT2D eigenvalue weighted by Crippen LogP contribution is -2.11. The van der Waals surface area contributed by atoms with Crippen LogP contribution in [0, 0.1) is 33.0 Å². The van der Waals surface area contributed by atoms with Crippen molar-refractivity contribution in [2.24, 2.45) is 0 Å². The molecule has 0 heterocycles. The van der Waals surface area contributed by atoms with Gasteiger partial charge in [0.2, 0.25) is 0 Å². The first-order valence-corrected chi connectivity index (χ1v) is 7.91. The zero-order valence-corrected chi connectivity index (χ0v) is 13.8. The smallest absolute Gasteiger partial charge is 0.302 e. The number of hydrogen-bond donors (Lipinski definition) is 2. The van der Waals surface area contributed by atoms with E-state index in [0.717, 1.165) is 11.6 Å². The number of nitrogens with one attached hydrogen (secondary N) is 1. The second kappa shape index (κ2) is 6.68. The van der Waals surface area contributed by atoms with Crippen LogP contribution in [0.5, 0.6) is 0 Å². The number of aliphatic hydroxyl groups excluding tert-OH is 1. The van der Waals surface area contributed by atoms with Crippen molar-refractivity contribution in [3.63, 3.8) is 0 Å². The van der Waals surface area contributed by atoms with E-state index in [-0.39, 0.29) is 34.6 Å². The highest BCUT2D eigenvalue weighted by Crippen LogP contribution is 2.47. The van der Waals surface area contributed by atoms with Gasteiger partial charge in [-0.3, -0.25) is 20.2 Å². The topological polar surface area (TPSA) is 119 Å². The maximum absolute atomic E-state index is 13.4. The number of nitro groups is 2. The van der Waals surface area contributed by atoms with Crippen molar-refractivity contribution in [2.75, 3.05) is 5.32 Å². The van der Waals surface area contributed by atoms with Gasteiger partial charge in [-0.15, -0.1) is 0 Å². The van der Waals surface area contributed by atoms with Gasteiger partial charge in [-0.1, -0.05) is 12.1 Å². The maximum Gasteiger partial charge on any atom is 0.302 e. The summed E-state index contributed by atoms with van der Waals surface area (Å²) >= 11 is 0. The van der Waals surface area contributed by atoms with E-state index >= 15 is 0 Å². The summed E-state index contributed by atoms with van der Waals surface area (Å²) in [7, 11) is 0. The third-order valence-corrected chi connectivity index (χ3v) is 4.59. The minimum Gasteiger partial charge on any atom is -0.392 e. The molecule has 0 saturated heterocycles.